The number of aromatic nitrogens is 7. The molecule has 0 saturated carbocycles. The fourth-order valence-corrected chi connectivity index (χ4v) is 2.12. The molecule has 3 aromatic heterocycles. The second kappa shape index (κ2) is 3.84. The van der Waals surface area contributed by atoms with Crippen LogP contribution in [0.3, 0.4) is 0 Å². The molecule has 0 spiro atoms. The van der Waals surface area contributed by atoms with Crippen molar-refractivity contribution in [2.24, 2.45) is 0 Å². The van der Waals surface area contributed by atoms with E-state index in [1.54, 1.807) is 6.33 Å². The Morgan fingerprint density at radius 1 is 1.05 bits per heavy atom. The van der Waals surface area contributed by atoms with Crippen LogP contribution in [0.5, 0.6) is 0 Å². The summed E-state index contributed by atoms with van der Waals surface area (Å²) in [4.78, 5) is 8.46. The van der Waals surface area contributed by atoms with Crippen LogP contribution in [0.4, 0.5) is 0 Å². The molecule has 4 aromatic rings. The van der Waals surface area contributed by atoms with Gasteiger partial charge in [0.15, 0.2) is 0 Å². The molecule has 7 heteroatoms. The van der Waals surface area contributed by atoms with E-state index in [2.05, 4.69) is 37.5 Å². The normalized spacial score (nSPS) is 11.4. The fourth-order valence-electron chi connectivity index (χ4n) is 2.12. The minimum atomic E-state index is 0.580. The van der Waals surface area contributed by atoms with Crippen LogP contribution in [-0.4, -0.2) is 34.6 Å². The first-order valence-electron chi connectivity index (χ1n) is 5.83. The summed E-state index contributed by atoms with van der Waals surface area (Å²) in [5.41, 5.74) is 3.28. The number of nitrogens with zero attached hydrogens (tertiary/aromatic N) is 7. The molecular weight excluding hydrogens is 242 g/mol. The number of benzene rings is 1. The van der Waals surface area contributed by atoms with Gasteiger partial charge in [-0.1, -0.05) is 30.3 Å². The van der Waals surface area contributed by atoms with E-state index < -0.39 is 0 Å². The molecule has 0 saturated heterocycles. The number of rotatable bonds is 2. The first-order chi connectivity index (χ1) is 9.42. The molecule has 0 aliphatic rings. The van der Waals surface area contributed by atoms with E-state index in [0.29, 0.717) is 17.8 Å². The topological polar surface area (TPSA) is 73.8 Å². The van der Waals surface area contributed by atoms with Gasteiger partial charge in [-0.2, -0.15) is 0 Å². The highest BCUT2D eigenvalue weighted by Gasteiger charge is 2.11. The molecule has 1 aromatic carbocycles. The maximum absolute atomic E-state index is 4.25. The van der Waals surface area contributed by atoms with Gasteiger partial charge in [0.25, 0.3) is 0 Å². The zero-order valence-electron chi connectivity index (χ0n) is 9.88. The molecule has 0 aliphatic heterocycles. The SMILES string of the molecule is c1ccc(Cn2cnc3nnn4ncnc4c32)cc1. The van der Waals surface area contributed by atoms with Gasteiger partial charge in [0.1, 0.15) is 11.8 Å². The van der Waals surface area contributed by atoms with E-state index in [1.165, 1.54) is 16.5 Å². The quantitative estimate of drug-likeness (QED) is 0.529. The van der Waals surface area contributed by atoms with Crippen LogP contribution in [0.15, 0.2) is 43.0 Å². The van der Waals surface area contributed by atoms with E-state index in [4.69, 9.17) is 0 Å². The molecule has 0 N–H and O–H groups in total. The maximum atomic E-state index is 4.25. The molecule has 0 bridgehead atoms. The minimum Gasteiger partial charge on any atom is -0.321 e. The standard InChI is InChI=1S/C12H9N7/c1-2-4-9(5-3-1)6-18-8-14-11-10(18)12-13-7-15-19(12)17-16-11/h1-5,7-8H,6H2. The Morgan fingerprint density at radius 3 is 2.84 bits per heavy atom. The fraction of sp³-hybridized carbons (Fsp3) is 0.0833. The van der Waals surface area contributed by atoms with Crippen molar-refractivity contribution in [1.82, 2.24) is 34.6 Å². The van der Waals surface area contributed by atoms with Crippen molar-refractivity contribution in [2.75, 3.05) is 0 Å². The van der Waals surface area contributed by atoms with Crippen LogP contribution in [0.1, 0.15) is 5.56 Å². The zero-order chi connectivity index (χ0) is 12.7. The van der Waals surface area contributed by atoms with Gasteiger partial charge < -0.3 is 4.57 Å². The maximum Gasteiger partial charge on any atom is 0.205 e. The number of imidazole rings is 1. The summed E-state index contributed by atoms with van der Waals surface area (Å²) in [6.45, 7) is 0.714. The summed E-state index contributed by atoms with van der Waals surface area (Å²) in [5.74, 6) is 0. The van der Waals surface area contributed by atoms with Crippen LogP contribution in [0.25, 0.3) is 16.8 Å². The Hall–Kier alpha value is -2.83. The van der Waals surface area contributed by atoms with Crippen molar-refractivity contribution >= 4 is 16.8 Å². The van der Waals surface area contributed by atoms with Crippen molar-refractivity contribution < 1.29 is 0 Å². The van der Waals surface area contributed by atoms with Gasteiger partial charge in [-0.3, -0.25) is 0 Å². The van der Waals surface area contributed by atoms with Crippen molar-refractivity contribution in [3.05, 3.63) is 48.5 Å². The van der Waals surface area contributed by atoms with E-state index in [0.717, 1.165) is 5.52 Å². The van der Waals surface area contributed by atoms with Crippen LogP contribution in [0, 0.1) is 0 Å². The van der Waals surface area contributed by atoms with Crippen LogP contribution in [0.2, 0.25) is 0 Å². The lowest BCUT2D eigenvalue weighted by atomic mass is 10.2. The lowest BCUT2D eigenvalue weighted by molar-refractivity contribution is 0.727. The molecule has 0 fully saturated rings. The molecule has 4 rings (SSSR count). The third-order valence-electron chi connectivity index (χ3n) is 2.98. The first kappa shape index (κ1) is 10.1. The van der Waals surface area contributed by atoms with Gasteiger partial charge in [-0.05, 0) is 10.8 Å². The zero-order valence-corrected chi connectivity index (χ0v) is 9.88. The van der Waals surface area contributed by atoms with Crippen molar-refractivity contribution in [3.8, 4) is 0 Å². The smallest absolute Gasteiger partial charge is 0.205 e. The molecule has 7 nitrogen and oxygen atoms in total. The van der Waals surface area contributed by atoms with E-state index >= 15 is 0 Å². The average molecular weight is 251 g/mol. The summed E-state index contributed by atoms with van der Waals surface area (Å²) in [6.07, 6.45) is 3.21. The van der Waals surface area contributed by atoms with Crippen LogP contribution >= 0.6 is 0 Å². The average Bonchev–Trinajstić information content (AvgIpc) is 3.06. The van der Waals surface area contributed by atoms with E-state index in [9.17, 15) is 0 Å². The van der Waals surface area contributed by atoms with Gasteiger partial charge in [-0.15, -0.1) is 14.8 Å². The highest BCUT2D eigenvalue weighted by Crippen LogP contribution is 2.15. The lowest BCUT2D eigenvalue weighted by Crippen LogP contribution is -2.02. The van der Waals surface area contributed by atoms with Crippen molar-refractivity contribution in [2.45, 2.75) is 6.54 Å². The van der Waals surface area contributed by atoms with Crippen LogP contribution in [-0.2, 0) is 6.54 Å². The molecule has 0 atom stereocenters. The largest absolute Gasteiger partial charge is 0.321 e. The first-order valence-corrected chi connectivity index (χ1v) is 5.83. The highest BCUT2D eigenvalue weighted by atomic mass is 15.5. The lowest BCUT2D eigenvalue weighted by Gasteiger charge is -2.03. The van der Waals surface area contributed by atoms with Crippen LogP contribution < -0.4 is 0 Å². The Bertz CT molecular complexity index is 846. The molecule has 19 heavy (non-hydrogen) atoms. The van der Waals surface area contributed by atoms with Gasteiger partial charge in [0, 0.05) is 6.54 Å². The summed E-state index contributed by atoms with van der Waals surface area (Å²) >= 11 is 0. The van der Waals surface area contributed by atoms with Gasteiger partial charge >= 0.3 is 0 Å². The predicted molar refractivity (Wildman–Crippen MR) is 67.4 cm³/mol. The Kier molecular flexibility index (Phi) is 2.05. The summed E-state index contributed by atoms with van der Waals surface area (Å²) in [7, 11) is 0. The monoisotopic (exact) mass is 251 g/mol. The number of hydrogen-bond acceptors (Lipinski definition) is 5. The minimum absolute atomic E-state index is 0.580. The molecule has 0 aliphatic carbocycles. The van der Waals surface area contributed by atoms with Gasteiger partial charge in [0.05, 0.1) is 6.33 Å². The molecule has 92 valence electrons. The molecule has 0 radical (unpaired) electrons. The van der Waals surface area contributed by atoms with Crippen molar-refractivity contribution in [1.29, 1.82) is 0 Å². The second-order valence-corrected chi connectivity index (χ2v) is 4.19. The summed E-state index contributed by atoms with van der Waals surface area (Å²) in [5, 5.41) is 11.9. The molecule has 0 amide bonds. The third kappa shape index (κ3) is 1.55. The second-order valence-electron chi connectivity index (χ2n) is 4.19. The molecule has 3 heterocycles. The van der Waals surface area contributed by atoms with Crippen molar-refractivity contribution in [3.63, 3.8) is 0 Å². The third-order valence-corrected chi connectivity index (χ3v) is 2.98. The molecule has 0 unspecified atom stereocenters. The molecular formula is C12H9N7. The van der Waals surface area contributed by atoms with E-state index in [-0.39, 0.29) is 0 Å². The number of hydrogen-bond donors (Lipinski definition) is 0. The summed E-state index contributed by atoms with van der Waals surface area (Å²) in [6, 6.07) is 10.2. The number of fused-ring (bicyclic) bond motifs is 3. The van der Waals surface area contributed by atoms with E-state index in [1.807, 2.05) is 22.8 Å². The highest BCUT2D eigenvalue weighted by molar-refractivity contribution is 5.84. The Balaban J connectivity index is 1.92. The van der Waals surface area contributed by atoms with Gasteiger partial charge in [0.2, 0.25) is 11.3 Å². The summed E-state index contributed by atoms with van der Waals surface area (Å²) < 4.78 is 3.41. The predicted octanol–water partition coefficient (Wildman–Crippen LogP) is 0.917. The van der Waals surface area contributed by atoms with Gasteiger partial charge in [-0.25, -0.2) is 9.97 Å². The Morgan fingerprint density at radius 2 is 1.95 bits per heavy atom. The Labute approximate surface area is 107 Å².